The lowest BCUT2D eigenvalue weighted by Gasteiger charge is -2.13. The zero-order valence-corrected chi connectivity index (χ0v) is 14.1. The highest BCUT2D eigenvalue weighted by Crippen LogP contribution is 2.25. The van der Waals surface area contributed by atoms with Crippen LogP contribution in [-0.4, -0.2) is 26.5 Å². The number of nitrogens with zero attached hydrogens (tertiary/aromatic N) is 1. The van der Waals surface area contributed by atoms with Gasteiger partial charge in [-0.15, -0.1) is 0 Å². The SMILES string of the molecule is COc1ccc(OC)c(CCNc2cc(C(C)=O)ccc2C#N)c1. The molecule has 0 spiro atoms. The number of ketones is 1. The van der Waals surface area contributed by atoms with E-state index < -0.39 is 0 Å². The number of anilines is 1. The summed E-state index contributed by atoms with van der Waals surface area (Å²) in [5, 5.41) is 12.4. The van der Waals surface area contributed by atoms with Crippen LogP contribution < -0.4 is 14.8 Å². The molecule has 2 aromatic carbocycles. The Bertz CT molecular complexity index is 779. The fraction of sp³-hybridized carbons (Fsp3) is 0.263. The molecule has 0 atom stereocenters. The van der Waals surface area contributed by atoms with Crippen LogP contribution in [0.1, 0.15) is 28.4 Å². The van der Waals surface area contributed by atoms with Crippen LogP contribution in [0, 0.1) is 11.3 Å². The van der Waals surface area contributed by atoms with Gasteiger partial charge in [0.25, 0.3) is 0 Å². The number of nitrogens with one attached hydrogen (secondary N) is 1. The average molecular weight is 324 g/mol. The molecule has 0 amide bonds. The van der Waals surface area contributed by atoms with Crippen LogP contribution in [0.15, 0.2) is 36.4 Å². The van der Waals surface area contributed by atoms with E-state index in [1.165, 1.54) is 6.92 Å². The molecule has 5 nitrogen and oxygen atoms in total. The van der Waals surface area contributed by atoms with Gasteiger partial charge in [-0.2, -0.15) is 5.26 Å². The Morgan fingerprint density at radius 1 is 1.17 bits per heavy atom. The molecule has 2 rings (SSSR count). The summed E-state index contributed by atoms with van der Waals surface area (Å²) < 4.78 is 10.6. The smallest absolute Gasteiger partial charge is 0.159 e. The standard InChI is InChI=1S/C19H20N2O3/c1-13(22)14-4-5-16(12-20)18(11-14)21-9-8-15-10-17(23-2)6-7-19(15)24-3/h4-7,10-11,21H,8-9H2,1-3H3. The summed E-state index contributed by atoms with van der Waals surface area (Å²) in [6, 6.07) is 12.8. The van der Waals surface area contributed by atoms with Crippen LogP contribution in [0.2, 0.25) is 0 Å². The Hall–Kier alpha value is -3.00. The van der Waals surface area contributed by atoms with Crippen LogP contribution in [0.25, 0.3) is 0 Å². The van der Waals surface area contributed by atoms with Crippen LogP contribution >= 0.6 is 0 Å². The van der Waals surface area contributed by atoms with Crippen LogP contribution in [0.5, 0.6) is 11.5 Å². The summed E-state index contributed by atoms with van der Waals surface area (Å²) in [4.78, 5) is 11.5. The minimum atomic E-state index is -0.0306. The highest BCUT2D eigenvalue weighted by atomic mass is 16.5. The van der Waals surface area contributed by atoms with Gasteiger partial charge in [-0.25, -0.2) is 0 Å². The minimum absolute atomic E-state index is 0.0306. The van der Waals surface area contributed by atoms with E-state index in [1.54, 1.807) is 32.4 Å². The summed E-state index contributed by atoms with van der Waals surface area (Å²) in [6.45, 7) is 2.10. The predicted octanol–water partition coefficient (Wildman–Crippen LogP) is 3.43. The molecule has 0 fully saturated rings. The van der Waals surface area contributed by atoms with Gasteiger partial charge in [0, 0.05) is 12.1 Å². The quantitative estimate of drug-likeness (QED) is 0.790. The van der Waals surface area contributed by atoms with E-state index in [1.807, 2.05) is 18.2 Å². The molecular weight excluding hydrogens is 304 g/mol. The van der Waals surface area contributed by atoms with Gasteiger partial charge in [-0.05, 0) is 55.3 Å². The Morgan fingerprint density at radius 3 is 2.58 bits per heavy atom. The number of carbonyl (C=O) groups excluding carboxylic acids is 1. The lowest BCUT2D eigenvalue weighted by Crippen LogP contribution is -2.08. The molecule has 2 aromatic rings. The first-order chi connectivity index (χ1) is 11.6. The predicted molar refractivity (Wildman–Crippen MR) is 92.9 cm³/mol. The van der Waals surface area contributed by atoms with E-state index in [9.17, 15) is 10.1 Å². The number of hydrogen-bond donors (Lipinski definition) is 1. The molecule has 0 radical (unpaired) electrons. The van der Waals surface area contributed by atoms with E-state index in [4.69, 9.17) is 9.47 Å². The van der Waals surface area contributed by atoms with Crippen molar-refractivity contribution in [3.05, 3.63) is 53.1 Å². The van der Waals surface area contributed by atoms with Gasteiger partial charge in [-0.3, -0.25) is 4.79 Å². The van der Waals surface area contributed by atoms with Crippen molar-refractivity contribution >= 4 is 11.5 Å². The summed E-state index contributed by atoms with van der Waals surface area (Å²) in [5.74, 6) is 1.52. The van der Waals surface area contributed by atoms with Gasteiger partial charge in [-0.1, -0.05) is 0 Å². The van der Waals surface area contributed by atoms with E-state index in [-0.39, 0.29) is 5.78 Å². The van der Waals surface area contributed by atoms with Gasteiger partial charge in [0.05, 0.1) is 25.5 Å². The topological polar surface area (TPSA) is 71.3 Å². The third-order valence-corrected chi connectivity index (χ3v) is 3.74. The van der Waals surface area contributed by atoms with Crippen molar-refractivity contribution in [3.63, 3.8) is 0 Å². The zero-order chi connectivity index (χ0) is 17.5. The maximum atomic E-state index is 11.5. The third kappa shape index (κ3) is 4.05. The average Bonchev–Trinajstić information content (AvgIpc) is 2.61. The van der Waals surface area contributed by atoms with Crippen molar-refractivity contribution in [1.29, 1.82) is 5.26 Å². The minimum Gasteiger partial charge on any atom is -0.497 e. The first-order valence-electron chi connectivity index (χ1n) is 7.59. The molecule has 5 heteroatoms. The molecule has 24 heavy (non-hydrogen) atoms. The fourth-order valence-electron chi connectivity index (χ4n) is 2.42. The Kier molecular flexibility index (Phi) is 5.80. The number of nitriles is 1. The lowest BCUT2D eigenvalue weighted by atomic mass is 10.1. The highest BCUT2D eigenvalue weighted by molar-refractivity contribution is 5.95. The van der Waals surface area contributed by atoms with Crippen molar-refractivity contribution in [2.75, 3.05) is 26.1 Å². The molecule has 0 aromatic heterocycles. The van der Waals surface area contributed by atoms with Crippen LogP contribution in [0.3, 0.4) is 0 Å². The third-order valence-electron chi connectivity index (χ3n) is 3.74. The van der Waals surface area contributed by atoms with E-state index >= 15 is 0 Å². The molecule has 0 bridgehead atoms. The van der Waals surface area contributed by atoms with Crippen molar-refractivity contribution in [3.8, 4) is 17.6 Å². The number of hydrogen-bond acceptors (Lipinski definition) is 5. The molecule has 0 heterocycles. The second-order valence-electron chi connectivity index (χ2n) is 5.28. The molecule has 124 valence electrons. The summed E-state index contributed by atoms with van der Waals surface area (Å²) >= 11 is 0. The second kappa shape index (κ2) is 8.02. The summed E-state index contributed by atoms with van der Waals surface area (Å²) in [5.41, 5.74) is 2.76. The fourth-order valence-corrected chi connectivity index (χ4v) is 2.42. The Balaban J connectivity index is 2.13. The lowest BCUT2D eigenvalue weighted by molar-refractivity contribution is 0.101. The van der Waals surface area contributed by atoms with E-state index in [2.05, 4.69) is 11.4 Å². The number of ether oxygens (including phenoxy) is 2. The molecular formula is C19H20N2O3. The zero-order valence-electron chi connectivity index (χ0n) is 14.1. The number of rotatable bonds is 7. The summed E-state index contributed by atoms with van der Waals surface area (Å²) in [6.07, 6.45) is 0.690. The van der Waals surface area contributed by atoms with Gasteiger partial charge < -0.3 is 14.8 Å². The number of Topliss-reactive ketones (excluding diaryl/α,β-unsaturated/α-hetero) is 1. The van der Waals surface area contributed by atoms with E-state index in [0.29, 0.717) is 29.8 Å². The largest absolute Gasteiger partial charge is 0.497 e. The van der Waals surface area contributed by atoms with Gasteiger partial charge in [0.1, 0.15) is 17.6 Å². The number of methoxy groups -OCH3 is 2. The first-order valence-corrected chi connectivity index (χ1v) is 7.59. The normalized spacial score (nSPS) is 9.92. The van der Waals surface area contributed by atoms with Crippen LogP contribution in [-0.2, 0) is 6.42 Å². The van der Waals surface area contributed by atoms with Gasteiger partial charge >= 0.3 is 0 Å². The molecule has 0 aliphatic heterocycles. The second-order valence-corrected chi connectivity index (χ2v) is 5.28. The molecule has 0 unspecified atom stereocenters. The molecule has 0 aliphatic carbocycles. The van der Waals surface area contributed by atoms with E-state index in [0.717, 1.165) is 17.1 Å². The summed E-state index contributed by atoms with van der Waals surface area (Å²) in [7, 11) is 3.25. The van der Waals surface area contributed by atoms with Gasteiger partial charge in [0.15, 0.2) is 5.78 Å². The maximum absolute atomic E-state index is 11.5. The van der Waals surface area contributed by atoms with Crippen molar-refractivity contribution < 1.29 is 14.3 Å². The number of benzene rings is 2. The monoisotopic (exact) mass is 324 g/mol. The van der Waals surface area contributed by atoms with Crippen molar-refractivity contribution in [2.24, 2.45) is 0 Å². The Morgan fingerprint density at radius 2 is 1.96 bits per heavy atom. The molecule has 0 aliphatic rings. The maximum Gasteiger partial charge on any atom is 0.159 e. The molecule has 0 saturated heterocycles. The molecule has 1 N–H and O–H groups in total. The number of carbonyl (C=O) groups is 1. The van der Waals surface area contributed by atoms with Crippen molar-refractivity contribution in [1.82, 2.24) is 0 Å². The highest BCUT2D eigenvalue weighted by Gasteiger charge is 2.08. The Labute approximate surface area is 141 Å². The molecule has 0 saturated carbocycles. The van der Waals surface area contributed by atoms with Crippen LogP contribution in [0.4, 0.5) is 5.69 Å². The van der Waals surface area contributed by atoms with Gasteiger partial charge in [0.2, 0.25) is 0 Å². The first kappa shape index (κ1) is 17.4. The van der Waals surface area contributed by atoms with Crippen molar-refractivity contribution in [2.45, 2.75) is 13.3 Å².